The minimum atomic E-state index is -2.90. The molecule has 3 rings (SSSR count). The van der Waals surface area contributed by atoms with Gasteiger partial charge in [0.2, 0.25) is 0 Å². The van der Waals surface area contributed by atoms with Crippen LogP contribution in [0.5, 0.6) is 0 Å². The fraction of sp³-hybridized carbons (Fsp3) is 0.125. The van der Waals surface area contributed by atoms with Gasteiger partial charge in [0.25, 0.3) is 8.32 Å². The summed E-state index contributed by atoms with van der Waals surface area (Å²) in [4.78, 5) is 12.1. The summed E-state index contributed by atoms with van der Waals surface area (Å²) in [5.41, 5.74) is 0.349. The standard InChI is InChI=1S/C24H24O3Si/c1-19(2)24(25)26-20(3)27-28(21-13-7-4-8-14-21,22-15-9-5-10-16-22)23-17-11-6-12-18-23/h4-18,20H,1H2,2-3H3. The molecule has 3 nitrogen and oxygen atoms in total. The van der Waals surface area contributed by atoms with E-state index in [9.17, 15) is 4.79 Å². The van der Waals surface area contributed by atoms with Crippen molar-refractivity contribution < 1.29 is 14.0 Å². The highest BCUT2D eigenvalue weighted by atomic mass is 28.4. The third-order valence-electron chi connectivity index (χ3n) is 4.51. The molecular formula is C24H24O3Si. The van der Waals surface area contributed by atoms with E-state index < -0.39 is 20.6 Å². The van der Waals surface area contributed by atoms with E-state index in [2.05, 4.69) is 43.0 Å². The van der Waals surface area contributed by atoms with Gasteiger partial charge in [-0.15, -0.1) is 0 Å². The predicted molar refractivity (Wildman–Crippen MR) is 115 cm³/mol. The Bertz CT molecular complexity index is 827. The Morgan fingerprint density at radius 1 is 0.786 bits per heavy atom. The van der Waals surface area contributed by atoms with E-state index in [1.165, 1.54) is 0 Å². The van der Waals surface area contributed by atoms with Gasteiger partial charge in [0.1, 0.15) is 0 Å². The van der Waals surface area contributed by atoms with Gasteiger partial charge in [0.05, 0.1) is 0 Å². The van der Waals surface area contributed by atoms with Crippen LogP contribution in [0.15, 0.2) is 103 Å². The normalized spacial score (nSPS) is 12.2. The van der Waals surface area contributed by atoms with Gasteiger partial charge in [0, 0.05) is 5.57 Å². The van der Waals surface area contributed by atoms with Crippen LogP contribution in [0.3, 0.4) is 0 Å². The van der Waals surface area contributed by atoms with Crippen molar-refractivity contribution in [2.45, 2.75) is 20.1 Å². The molecule has 0 aliphatic rings. The number of rotatable bonds is 7. The quantitative estimate of drug-likeness (QED) is 0.205. The molecule has 4 heteroatoms. The van der Waals surface area contributed by atoms with E-state index in [-0.39, 0.29) is 0 Å². The van der Waals surface area contributed by atoms with Crippen LogP contribution in [0.25, 0.3) is 0 Å². The molecule has 0 spiro atoms. The van der Waals surface area contributed by atoms with Gasteiger partial charge in [-0.25, -0.2) is 4.79 Å². The molecule has 0 aromatic heterocycles. The van der Waals surface area contributed by atoms with Crippen molar-refractivity contribution in [2.75, 3.05) is 0 Å². The maximum Gasteiger partial charge on any atom is 0.335 e. The van der Waals surface area contributed by atoms with Crippen molar-refractivity contribution in [3.63, 3.8) is 0 Å². The molecule has 0 N–H and O–H groups in total. The third kappa shape index (κ3) is 4.14. The first kappa shape index (κ1) is 19.8. The van der Waals surface area contributed by atoms with Gasteiger partial charge in [-0.1, -0.05) is 97.6 Å². The van der Waals surface area contributed by atoms with Crippen LogP contribution in [-0.2, 0) is 14.0 Å². The number of benzene rings is 3. The minimum Gasteiger partial charge on any atom is -0.434 e. The average molecular weight is 389 g/mol. The monoisotopic (exact) mass is 388 g/mol. The van der Waals surface area contributed by atoms with Crippen LogP contribution in [0.2, 0.25) is 0 Å². The Morgan fingerprint density at radius 3 is 1.46 bits per heavy atom. The molecule has 1 unspecified atom stereocenters. The zero-order valence-electron chi connectivity index (χ0n) is 16.2. The van der Waals surface area contributed by atoms with Crippen molar-refractivity contribution in [3.8, 4) is 0 Å². The molecule has 0 aliphatic carbocycles. The van der Waals surface area contributed by atoms with Gasteiger partial charge in [-0.3, -0.25) is 0 Å². The zero-order valence-corrected chi connectivity index (χ0v) is 17.2. The smallest absolute Gasteiger partial charge is 0.335 e. The molecular weight excluding hydrogens is 364 g/mol. The molecule has 0 bridgehead atoms. The van der Waals surface area contributed by atoms with Crippen LogP contribution < -0.4 is 15.6 Å². The van der Waals surface area contributed by atoms with Crippen LogP contribution in [0.4, 0.5) is 0 Å². The highest BCUT2D eigenvalue weighted by molar-refractivity contribution is 7.07. The summed E-state index contributed by atoms with van der Waals surface area (Å²) in [6.45, 7) is 7.05. The number of hydrogen-bond acceptors (Lipinski definition) is 3. The molecule has 142 valence electrons. The van der Waals surface area contributed by atoms with Crippen LogP contribution in [-0.4, -0.2) is 20.6 Å². The lowest BCUT2D eigenvalue weighted by atomic mass is 10.3. The van der Waals surface area contributed by atoms with Gasteiger partial charge in [-0.2, -0.15) is 0 Å². The minimum absolute atomic E-state index is 0.349. The second-order valence-electron chi connectivity index (χ2n) is 6.65. The lowest BCUT2D eigenvalue weighted by Gasteiger charge is -2.35. The second-order valence-corrected chi connectivity index (χ2v) is 9.98. The number of carbonyl (C=O) groups excluding carboxylic acids is 1. The summed E-state index contributed by atoms with van der Waals surface area (Å²) in [5, 5.41) is 3.27. The van der Waals surface area contributed by atoms with Crippen LogP contribution in [0, 0.1) is 0 Å². The number of hydrogen-bond donors (Lipinski definition) is 0. The molecule has 0 saturated heterocycles. The molecule has 0 amide bonds. The molecule has 0 heterocycles. The van der Waals surface area contributed by atoms with E-state index in [0.717, 1.165) is 15.6 Å². The van der Waals surface area contributed by atoms with Crippen molar-refractivity contribution >= 4 is 29.8 Å². The van der Waals surface area contributed by atoms with E-state index in [4.69, 9.17) is 9.16 Å². The fourth-order valence-electron chi connectivity index (χ4n) is 3.25. The van der Waals surface area contributed by atoms with E-state index >= 15 is 0 Å². The highest BCUT2D eigenvalue weighted by Gasteiger charge is 2.43. The summed E-state index contributed by atoms with van der Waals surface area (Å²) >= 11 is 0. The van der Waals surface area contributed by atoms with Crippen LogP contribution >= 0.6 is 0 Å². The predicted octanol–water partition coefficient (Wildman–Crippen LogP) is 3.14. The average Bonchev–Trinajstić information content (AvgIpc) is 2.74. The molecule has 3 aromatic carbocycles. The molecule has 28 heavy (non-hydrogen) atoms. The number of esters is 1. The second kappa shape index (κ2) is 8.82. The van der Waals surface area contributed by atoms with Crippen molar-refractivity contribution in [1.82, 2.24) is 0 Å². The lowest BCUT2D eigenvalue weighted by Crippen LogP contribution is -2.70. The van der Waals surface area contributed by atoms with E-state index in [1.807, 2.05) is 54.6 Å². The van der Waals surface area contributed by atoms with Gasteiger partial charge >= 0.3 is 5.97 Å². The van der Waals surface area contributed by atoms with Crippen molar-refractivity contribution in [2.24, 2.45) is 0 Å². The Kier molecular flexibility index (Phi) is 6.24. The first-order chi connectivity index (χ1) is 13.5. The Balaban J connectivity index is 2.16. The number of carbonyl (C=O) groups is 1. The maximum atomic E-state index is 12.1. The van der Waals surface area contributed by atoms with Gasteiger partial charge in [-0.05, 0) is 29.4 Å². The highest BCUT2D eigenvalue weighted by Crippen LogP contribution is 2.14. The summed E-state index contributed by atoms with van der Waals surface area (Å²) in [6.07, 6.45) is -0.725. The topological polar surface area (TPSA) is 35.5 Å². The fourth-order valence-corrected chi connectivity index (χ4v) is 7.19. The molecule has 0 saturated carbocycles. The Morgan fingerprint density at radius 2 is 1.14 bits per heavy atom. The largest absolute Gasteiger partial charge is 0.434 e. The van der Waals surface area contributed by atoms with Crippen LogP contribution in [0.1, 0.15) is 13.8 Å². The molecule has 0 aliphatic heterocycles. The van der Waals surface area contributed by atoms with Crippen molar-refractivity contribution in [1.29, 1.82) is 0 Å². The molecule has 3 aromatic rings. The third-order valence-corrected chi connectivity index (χ3v) is 8.63. The molecule has 0 radical (unpaired) electrons. The van der Waals surface area contributed by atoms with E-state index in [1.54, 1.807) is 13.8 Å². The lowest BCUT2D eigenvalue weighted by molar-refractivity contribution is -0.156. The summed E-state index contributed by atoms with van der Waals surface area (Å²) in [7, 11) is -2.90. The first-order valence-corrected chi connectivity index (χ1v) is 11.2. The Labute approximate surface area is 167 Å². The van der Waals surface area contributed by atoms with Crippen molar-refractivity contribution in [3.05, 3.63) is 103 Å². The summed E-state index contributed by atoms with van der Waals surface area (Å²) < 4.78 is 12.2. The first-order valence-electron chi connectivity index (χ1n) is 9.25. The Hall–Kier alpha value is -2.95. The van der Waals surface area contributed by atoms with E-state index in [0.29, 0.717) is 5.57 Å². The van der Waals surface area contributed by atoms with Gasteiger partial charge in [0.15, 0.2) is 6.29 Å². The summed E-state index contributed by atoms with van der Waals surface area (Å²) in [6, 6.07) is 30.5. The van der Waals surface area contributed by atoms with Gasteiger partial charge < -0.3 is 9.16 Å². The molecule has 1 atom stereocenters. The number of ether oxygens (including phenoxy) is 1. The summed E-state index contributed by atoms with van der Waals surface area (Å²) in [5.74, 6) is -0.454. The zero-order chi connectivity index (χ0) is 20.0. The SMILES string of the molecule is C=C(C)C(=O)OC(C)O[Si](c1ccccc1)(c1ccccc1)c1ccccc1. The molecule has 0 fully saturated rings. The maximum absolute atomic E-state index is 12.1.